The number of nitrogens with one attached hydrogen (secondary N) is 2. The van der Waals surface area contributed by atoms with E-state index in [0.29, 0.717) is 12.8 Å². The fourth-order valence-electron chi connectivity index (χ4n) is 2.57. The molecule has 26 heavy (non-hydrogen) atoms. The van der Waals surface area contributed by atoms with Crippen molar-refractivity contribution in [3.63, 3.8) is 0 Å². The van der Waals surface area contributed by atoms with Gasteiger partial charge in [-0.1, -0.05) is 44.2 Å². The number of hydrogen-bond acceptors (Lipinski definition) is 4. The third-order valence-corrected chi connectivity index (χ3v) is 3.95. The van der Waals surface area contributed by atoms with Gasteiger partial charge in [-0.15, -0.1) is 0 Å². The molecule has 2 atom stereocenters. The van der Waals surface area contributed by atoms with Crippen LogP contribution >= 0.6 is 0 Å². The zero-order valence-corrected chi connectivity index (χ0v) is 15.3. The monoisotopic (exact) mass is 364 g/mol. The molecule has 1 aromatic rings. The minimum absolute atomic E-state index is 0.119. The minimum atomic E-state index is -1.13. The number of carbonyl (C=O) groups is 3. The third-order valence-electron chi connectivity index (χ3n) is 3.95. The normalized spacial score (nSPS) is 13.2. The fraction of sp³-hybridized carbons (Fsp3) is 0.526. The molecule has 144 valence electrons. The van der Waals surface area contributed by atoms with Crippen LogP contribution in [0.15, 0.2) is 30.3 Å². The Morgan fingerprint density at radius 2 is 1.62 bits per heavy atom. The topological polar surface area (TPSA) is 116 Å². The first-order valence-corrected chi connectivity index (χ1v) is 8.82. The smallest absolute Gasteiger partial charge is 0.326 e. The second-order valence-corrected chi connectivity index (χ2v) is 6.71. The predicted molar refractivity (Wildman–Crippen MR) is 97.8 cm³/mol. The molecule has 0 heterocycles. The van der Waals surface area contributed by atoms with E-state index in [2.05, 4.69) is 10.6 Å². The van der Waals surface area contributed by atoms with Gasteiger partial charge in [0.05, 0.1) is 0 Å². The molecule has 0 aliphatic heterocycles. The lowest BCUT2D eigenvalue weighted by atomic mass is 10.0. The maximum absolute atomic E-state index is 12.0. The number of benzene rings is 1. The summed E-state index contributed by atoms with van der Waals surface area (Å²) in [6.07, 6.45) is 1.31. The largest absolute Gasteiger partial charge is 0.480 e. The van der Waals surface area contributed by atoms with Gasteiger partial charge in [0, 0.05) is 6.42 Å². The second kappa shape index (κ2) is 11.3. The van der Waals surface area contributed by atoms with Gasteiger partial charge in [-0.05, 0) is 37.3 Å². The van der Waals surface area contributed by atoms with Gasteiger partial charge in [0.25, 0.3) is 0 Å². The summed E-state index contributed by atoms with van der Waals surface area (Å²) >= 11 is 0. The summed E-state index contributed by atoms with van der Waals surface area (Å²) in [6.45, 7) is 4.04. The van der Waals surface area contributed by atoms with Gasteiger partial charge >= 0.3 is 11.9 Å². The summed E-state index contributed by atoms with van der Waals surface area (Å²) in [4.78, 5) is 34.5. The molecule has 0 spiro atoms. The SMILES string of the molecule is CC(C)C[C@H](NCCC(NC(=O)CCc1ccccc1)C(=O)O)C(=O)O. The van der Waals surface area contributed by atoms with E-state index in [-0.39, 0.29) is 31.2 Å². The highest BCUT2D eigenvalue weighted by Crippen LogP contribution is 2.06. The van der Waals surface area contributed by atoms with Crippen molar-refractivity contribution in [2.24, 2.45) is 5.92 Å². The van der Waals surface area contributed by atoms with Crippen LogP contribution in [0.25, 0.3) is 0 Å². The van der Waals surface area contributed by atoms with E-state index in [9.17, 15) is 24.6 Å². The van der Waals surface area contributed by atoms with Crippen molar-refractivity contribution in [2.45, 2.75) is 51.6 Å². The minimum Gasteiger partial charge on any atom is -0.480 e. The van der Waals surface area contributed by atoms with Crippen LogP contribution in [0.1, 0.15) is 38.7 Å². The van der Waals surface area contributed by atoms with Gasteiger partial charge in [0.2, 0.25) is 5.91 Å². The van der Waals surface area contributed by atoms with Crippen LogP contribution in [0.5, 0.6) is 0 Å². The lowest BCUT2D eigenvalue weighted by Gasteiger charge is -2.19. The molecule has 0 aliphatic rings. The van der Waals surface area contributed by atoms with Crippen LogP contribution in [0, 0.1) is 5.92 Å². The predicted octanol–water partition coefficient (Wildman–Crippen LogP) is 1.67. The molecule has 0 saturated carbocycles. The molecule has 7 nitrogen and oxygen atoms in total. The molecule has 0 aliphatic carbocycles. The Hall–Kier alpha value is -2.41. The van der Waals surface area contributed by atoms with Crippen LogP contribution in [0.3, 0.4) is 0 Å². The summed E-state index contributed by atoms with van der Waals surface area (Å²) in [5.74, 6) is -2.22. The Labute approximate surface area is 153 Å². The van der Waals surface area contributed by atoms with Crippen molar-refractivity contribution in [3.05, 3.63) is 35.9 Å². The summed E-state index contributed by atoms with van der Waals surface area (Å²) in [5, 5.41) is 23.8. The quantitative estimate of drug-likeness (QED) is 0.448. The zero-order chi connectivity index (χ0) is 19.5. The van der Waals surface area contributed by atoms with E-state index < -0.39 is 24.0 Å². The Bertz CT molecular complexity index is 589. The molecule has 0 radical (unpaired) electrons. The Morgan fingerprint density at radius 3 is 2.15 bits per heavy atom. The first-order valence-electron chi connectivity index (χ1n) is 8.82. The standard InChI is InChI=1S/C19H28N2O5/c1-13(2)12-16(19(25)26)20-11-10-15(18(23)24)21-17(22)9-8-14-6-4-3-5-7-14/h3-7,13,15-16,20H,8-12H2,1-2H3,(H,21,22)(H,23,24)(H,25,26)/t15?,16-/m0/s1. The molecular formula is C19H28N2O5. The average Bonchev–Trinajstić information content (AvgIpc) is 2.58. The number of hydrogen-bond donors (Lipinski definition) is 4. The summed E-state index contributed by atoms with van der Waals surface area (Å²) in [7, 11) is 0. The number of rotatable bonds is 12. The van der Waals surface area contributed by atoms with Gasteiger partial charge in [-0.2, -0.15) is 0 Å². The fourth-order valence-corrected chi connectivity index (χ4v) is 2.57. The van der Waals surface area contributed by atoms with Crippen molar-refractivity contribution in [2.75, 3.05) is 6.54 Å². The molecule has 1 rings (SSSR count). The molecule has 7 heteroatoms. The van der Waals surface area contributed by atoms with Crippen molar-refractivity contribution in [3.8, 4) is 0 Å². The molecule has 1 aromatic carbocycles. The molecular weight excluding hydrogens is 336 g/mol. The van der Waals surface area contributed by atoms with Crippen LogP contribution in [0.2, 0.25) is 0 Å². The van der Waals surface area contributed by atoms with Crippen molar-refractivity contribution in [1.29, 1.82) is 0 Å². The maximum Gasteiger partial charge on any atom is 0.326 e. The second-order valence-electron chi connectivity index (χ2n) is 6.71. The number of aryl methyl sites for hydroxylation is 1. The zero-order valence-electron chi connectivity index (χ0n) is 15.3. The molecule has 0 saturated heterocycles. The van der Waals surface area contributed by atoms with Gasteiger partial charge in [-0.25, -0.2) is 4.79 Å². The Balaban J connectivity index is 2.43. The third kappa shape index (κ3) is 8.62. The average molecular weight is 364 g/mol. The van der Waals surface area contributed by atoms with Gasteiger partial charge in [0.15, 0.2) is 0 Å². The van der Waals surface area contributed by atoms with E-state index in [1.54, 1.807) is 0 Å². The molecule has 1 unspecified atom stereocenters. The van der Waals surface area contributed by atoms with Gasteiger partial charge < -0.3 is 20.8 Å². The maximum atomic E-state index is 12.0. The molecule has 0 bridgehead atoms. The first-order chi connectivity index (χ1) is 12.3. The molecule has 0 aromatic heterocycles. The van der Waals surface area contributed by atoms with E-state index in [1.165, 1.54) is 0 Å². The van der Waals surface area contributed by atoms with Gasteiger partial charge in [0.1, 0.15) is 12.1 Å². The number of carboxylic acid groups (broad SMARTS) is 2. The van der Waals surface area contributed by atoms with E-state index in [4.69, 9.17) is 0 Å². The lowest BCUT2D eigenvalue weighted by molar-refractivity contribution is -0.142. The van der Waals surface area contributed by atoms with Crippen molar-refractivity contribution >= 4 is 17.8 Å². The van der Waals surface area contributed by atoms with Crippen molar-refractivity contribution in [1.82, 2.24) is 10.6 Å². The van der Waals surface area contributed by atoms with E-state index >= 15 is 0 Å². The van der Waals surface area contributed by atoms with Crippen LogP contribution in [0.4, 0.5) is 0 Å². The summed E-state index contributed by atoms with van der Waals surface area (Å²) in [6, 6.07) is 7.71. The highest BCUT2D eigenvalue weighted by Gasteiger charge is 2.22. The Morgan fingerprint density at radius 1 is 1.00 bits per heavy atom. The molecule has 1 amide bonds. The highest BCUT2D eigenvalue weighted by molar-refractivity contribution is 5.83. The Kier molecular flexibility index (Phi) is 9.36. The van der Waals surface area contributed by atoms with Crippen LogP contribution < -0.4 is 10.6 Å². The molecule has 0 fully saturated rings. The van der Waals surface area contributed by atoms with Crippen LogP contribution in [-0.2, 0) is 20.8 Å². The number of carbonyl (C=O) groups excluding carboxylic acids is 1. The lowest BCUT2D eigenvalue weighted by Crippen LogP contribution is -2.45. The van der Waals surface area contributed by atoms with Crippen LogP contribution in [-0.4, -0.2) is 46.7 Å². The number of amides is 1. The number of aliphatic carboxylic acids is 2. The number of carboxylic acids is 2. The molecule has 4 N–H and O–H groups in total. The van der Waals surface area contributed by atoms with Crippen molar-refractivity contribution < 1.29 is 24.6 Å². The summed E-state index contributed by atoms with van der Waals surface area (Å²) < 4.78 is 0. The highest BCUT2D eigenvalue weighted by atomic mass is 16.4. The van der Waals surface area contributed by atoms with Gasteiger partial charge in [-0.3, -0.25) is 9.59 Å². The summed E-state index contributed by atoms with van der Waals surface area (Å²) in [5.41, 5.74) is 1.01. The van der Waals surface area contributed by atoms with E-state index in [1.807, 2.05) is 44.2 Å². The van der Waals surface area contributed by atoms with E-state index in [0.717, 1.165) is 5.56 Å². The first kappa shape index (κ1) is 21.6.